The highest BCUT2D eigenvalue weighted by atomic mass is 15.2. The third kappa shape index (κ3) is 3.96. The van der Waals surface area contributed by atoms with Crippen molar-refractivity contribution in [3.05, 3.63) is 0 Å². The number of hydrogen-bond donors (Lipinski definition) is 1. The van der Waals surface area contributed by atoms with Crippen LogP contribution in [0.4, 0.5) is 0 Å². The third-order valence-electron chi connectivity index (χ3n) is 4.97. The first-order valence-corrected chi connectivity index (χ1v) is 7.82. The molecule has 1 fully saturated rings. The molecule has 0 saturated heterocycles. The fraction of sp³-hybridized carbons (Fsp3) is 1.00. The monoisotopic (exact) mass is 254 g/mol. The molecule has 2 unspecified atom stereocenters. The van der Waals surface area contributed by atoms with E-state index in [1.165, 1.54) is 38.6 Å². The van der Waals surface area contributed by atoms with Crippen LogP contribution in [0.3, 0.4) is 0 Å². The van der Waals surface area contributed by atoms with E-state index in [1.54, 1.807) is 0 Å². The van der Waals surface area contributed by atoms with Crippen molar-refractivity contribution in [1.29, 1.82) is 0 Å². The molecular weight excluding hydrogens is 220 g/mol. The summed E-state index contributed by atoms with van der Waals surface area (Å²) in [5.41, 5.74) is 6.44. The summed E-state index contributed by atoms with van der Waals surface area (Å²) in [5.74, 6) is 2.46. The van der Waals surface area contributed by atoms with Gasteiger partial charge in [0.2, 0.25) is 0 Å². The van der Waals surface area contributed by atoms with Crippen LogP contribution in [0.15, 0.2) is 0 Å². The van der Waals surface area contributed by atoms with Crippen molar-refractivity contribution < 1.29 is 0 Å². The molecule has 0 amide bonds. The molecule has 2 atom stereocenters. The van der Waals surface area contributed by atoms with Crippen LogP contribution in [-0.2, 0) is 0 Å². The maximum Gasteiger partial charge on any atom is 0.0328 e. The lowest BCUT2D eigenvalue weighted by atomic mass is 9.85. The summed E-state index contributed by atoms with van der Waals surface area (Å²) in [5, 5.41) is 0. The second-order valence-corrected chi connectivity index (χ2v) is 7.14. The molecule has 0 radical (unpaired) electrons. The highest BCUT2D eigenvalue weighted by Gasteiger charge is 2.36. The van der Waals surface area contributed by atoms with E-state index in [4.69, 9.17) is 5.73 Å². The van der Waals surface area contributed by atoms with Gasteiger partial charge in [-0.15, -0.1) is 0 Å². The van der Waals surface area contributed by atoms with Gasteiger partial charge in [0.05, 0.1) is 0 Å². The van der Waals surface area contributed by atoms with E-state index in [1.807, 2.05) is 0 Å². The van der Waals surface area contributed by atoms with Crippen molar-refractivity contribution in [2.45, 2.75) is 65.3 Å². The lowest BCUT2D eigenvalue weighted by Crippen LogP contribution is -2.52. The first-order chi connectivity index (χ1) is 8.41. The summed E-state index contributed by atoms with van der Waals surface area (Å²) < 4.78 is 0. The molecule has 2 heteroatoms. The molecule has 0 aromatic rings. The van der Waals surface area contributed by atoms with Gasteiger partial charge >= 0.3 is 0 Å². The first-order valence-electron chi connectivity index (χ1n) is 7.82. The highest BCUT2D eigenvalue weighted by molar-refractivity contribution is 4.93. The molecule has 1 saturated carbocycles. The quantitative estimate of drug-likeness (QED) is 0.761. The molecule has 108 valence electrons. The van der Waals surface area contributed by atoms with Crippen molar-refractivity contribution in [2.75, 3.05) is 20.1 Å². The van der Waals surface area contributed by atoms with Gasteiger partial charge in [0.15, 0.2) is 0 Å². The van der Waals surface area contributed by atoms with E-state index in [-0.39, 0.29) is 5.54 Å². The molecule has 1 aliphatic carbocycles. The summed E-state index contributed by atoms with van der Waals surface area (Å²) >= 11 is 0. The smallest absolute Gasteiger partial charge is 0.0328 e. The Hall–Kier alpha value is -0.0800. The Balaban J connectivity index is 2.69. The maximum atomic E-state index is 6.16. The Labute approximate surface area is 114 Å². The van der Waals surface area contributed by atoms with Crippen molar-refractivity contribution in [2.24, 2.45) is 23.5 Å². The zero-order valence-corrected chi connectivity index (χ0v) is 13.2. The zero-order valence-electron chi connectivity index (χ0n) is 13.2. The molecule has 1 aliphatic rings. The molecule has 0 aliphatic heterocycles. The van der Waals surface area contributed by atoms with Gasteiger partial charge in [0.1, 0.15) is 0 Å². The van der Waals surface area contributed by atoms with Gasteiger partial charge in [-0.25, -0.2) is 0 Å². The van der Waals surface area contributed by atoms with Crippen molar-refractivity contribution >= 4 is 0 Å². The van der Waals surface area contributed by atoms with Gasteiger partial charge in [0, 0.05) is 18.6 Å². The van der Waals surface area contributed by atoms with Crippen molar-refractivity contribution in [3.63, 3.8) is 0 Å². The maximum absolute atomic E-state index is 6.16. The molecule has 0 aromatic carbocycles. The van der Waals surface area contributed by atoms with E-state index < -0.39 is 0 Å². The van der Waals surface area contributed by atoms with E-state index in [9.17, 15) is 0 Å². The Kier molecular flexibility index (Phi) is 6.13. The van der Waals surface area contributed by atoms with Gasteiger partial charge in [-0.1, -0.05) is 40.5 Å². The van der Waals surface area contributed by atoms with Crippen molar-refractivity contribution in [3.8, 4) is 0 Å². The number of likely N-dealkylation sites (N-methyl/N-ethyl adjacent to an activating group) is 1. The Morgan fingerprint density at radius 2 is 1.83 bits per heavy atom. The van der Waals surface area contributed by atoms with E-state index in [0.717, 1.165) is 24.3 Å². The van der Waals surface area contributed by atoms with Gasteiger partial charge in [0.25, 0.3) is 0 Å². The summed E-state index contributed by atoms with van der Waals surface area (Å²) in [7, 11) is 2.28. The lowest BCUT2D eigenvalue weighted by Gasteiger charge is -2.42. The molecular formula is C16H34N2. The molecule has 0 heterocycles. The number of nitrogens with zero attached hydrogens (tertiary/aromatic N) is 1. The molecule has 0 spiro atoms. The second-order valence-electron chi connectivity index (χ2n) is 7.14. The standard InChI is InChI=1S/C16H34N2/c1-13(2)11-18(5)16(12-17)9-6-7-15(8-10-16)14(3)4/h13-15H,6-12,17H2,1-5H3. The minimum atomic E-state index is 0.272. The predicted octanol–water partition coefficient (Wildman–Crippen LogP) is 3.51. The topological polar surface area (TPSA) is 29.3 Å². The van der Waals surface area contributed by atoms with Crippen LogP contribution < -0.4 is 5.73 Å². The summed E-state index contributed by atoms with van der Waals surface area (Å²) in [6, 6.07) is 0. The highest BCUT2D eigenvalue weighted by Crippen LogP contribution is 2.36. The summed E-state index contributed by atoms with van der Waals surface area (Å²) in [6.07, 6.45) is 6.68. The Morgan fingerprint density at radius 1 is 1.17 bits per heavy atom. The number of nitrogens with two attached hydrogens (primary N) is 1. The average Bonchev–Trinajstić information content (AvgIpc) is 2.51. The first kappa shape index (κ1) is 16.0. The van der Waals surface area contributed by atoms with Crippen LogP contribution in [0.5, 0.6) is 0 Å². The van der Waals surface area contributed by atoms with Crippen LogP contribution in [-0.4, -0.2) is 30.6 Å². The fourth-order valence-corrected chi connectivity index (χ4v) is 3.57. The fourth-order valence-electron chi connectivity index (χ4n) is 3.57. The van der Waals surface area contributed by atoms with Crippen LogP contribution in [0.25, 0.3) is 0 Å². The molecule has 2 nitrogen and oxygen atoms in total. The number of hydrogen-bond acceptors (Lipinski definition) is 2. The predicted molar refractivity (Wildman–Crippen MR) is 80.7 cm³/mol. The summed E-state index contributed by atoms with van der Waals surface area (Å²) in [4.78, 5) is 2.56. The van der Waals surface area contributed by atoms with Gasteiger partial charge in [-0.05, 0) is 44.1 Å². The largest absolute Gasteiger partial charge is 0.329 e. The zero-order chi connectivity index (χ0) is 13.8. The molecule has 18 heavy (non-hydrogen) atoms. The van der Waals surface area contributed by atoms with Crippen LogP contribution in [0.2, 0.25) is 0 Å². The summed E-state index contributed by atoms with van der Waals surface area (Å²) in [6.45, 7) is 11.3. The minimum absolute atomic E-state index is 0.272. The Morgan fingerprint density at radius 3 is 2.33 bits per heavy atom. The van der Waals surface area contributed by atoms with Crippen molar-refractivity contribution in [1.82, 2.24) is 4.90 Å². The SMILES string of the molecule is CC(C)CN(C)C1(CN)CCCC(C(C)C)CC1. The Bertz CT molecular complexity index is 237. The lowest BCUT2D eigenvalue weighted by molar-refractivity contribution is 0.0925. The minimum Gasteiger partial charge on any atom is -0.329 e. The van der Waals surface area contributed by atoms with Gasteiger partial charge in [-0.2, -0.15) is 0 Å². The van der Waals surface area contributed by atoms with E-state index in [2.05, 4.69) is 39.6 Å². The number of rotatable bonds is 5. The molecule has 2 N–H and O–H groups in total. The normalized spacial score (nSPS) is 30.2. The van der Waals surface area contributed by atoms with Crippen LogP contribution >= 0.6 is 0 Å². The average molecular weight is 254 g/mol. The van der Waals surface area contributed by atoms with Crippen LogP contribution in [0.1, 0.15) is 59.8 Å². The second kappa shape index (κ2) is 6.91. The van der Waals surface area contributed by atoms with Gasteiger partial charge < -0.3 is 5.73 Å². The molecule has 0 aromatic heterocycles. The molecule has 0 bridgehead atoms. The van der Waals surface area contributed by atoms with Gasteiger partial charge in [-0.3, -0.25) is 4.90 Å². The third-order valence-corrected chi connectivity index (χ3v) is 4.97. The van der Waals surface area contributed by atoms with Crippen LogP contribution in [0, 0.1) is 17.8 Å². The van der Waals surface area contributed by atoms with E-state index in [0.29, 0.717) is 0 Å². The molecule has 1 rings (SSSR count). The van der Waals surface area contributed by atoms with E-state index >= 15 is 0 Å².